The van der Waals surface area contributed by atoms with Crippen LogP contribution in [0.1, 0.15) is 17.3 Å². The maximum atomic E-state index is 13.0. The van der Waals surface area contributed by atoms with Gasteiger partial charge in [-0.25, -0.2) is 23.2 Å². The molecule has 4 aromatic rings. The lowest BCUT2D eigenvalue weighted by Crippen LogP contribution is -2.16. The fourth-order valence-corrected chi connectivity index (χ4v) is 4.36. The van der Waals surface area contributed by atoms with Gasteiger partial charge in [0.15, 0.2) is 11.6 Å². The van der Waals surface area contributed by atoms with E-state index in [9.17, 15) is 13.2 Å². The van der Waals surface area contributed by atoms with Gasteiger partial charge in [0.1, 0.15) is 0 Å². The van der Waals surface area contributed by atoms with Crippen LogP contribution < -0.4 is 10.0 Å². The van der Waals surface area contributed by atoms with Crippen molar-refractivity contribution in [3.05, 3.63) is 83.4 Å². The van der Waals surface area contributed by atoms with Gasteiger partial charge in [-0.05, 0) is 55.5 Å². The number of aromatic nitrogens is 2. The number of fused-ring (bicyclic) bond motifs is 1. The minimum atomic E-state index is -4.00. The molecule has 168 valence electrons. The number of carbonyl (C=O) groups is 1. The van der Waals surface area contributed by atoms with Crippen molar-refractivity contribution in [1.29, 1.82) is 0 Å². The van der Waals surface area contributed by atoms with Crippen LogP contribution in [-0.2, 0) is 14.8 Å². The minimum Gasteiger partial charge on any atom is -0.462 e. The lowest BCUT2D eigenvalue weighted by molar-refractivity contribution is 0.0526. The van der Waals surface area contributed by atoms with Gasteiger partial charge in [0, 0.05) is 10.7 Å². The molecule has 0 amide bonds. The van der Waals surface area contributed by atoms with Crippen molar-refractivity contribution in [2.24, 2.45) is 0 Å². The van der Waals surface area contributed by atoms with Crippen LogP contribution >= 0.6 is 11.6 Å². The van der Waals surface area contributed by atoms with Gasteiger partial charge in [0.25, 0.3) is 10.0 Å². The van der Waals surface area contributed by atoms with Gasteiger partial charge in [-0.1, -0.05) is 35.9 Å². The van der Waals surface area contributed by atoms with Crippen LogP contribution in [0.4, 0.5) is 17.3 Å². The Kier molecular flexibility index (Phi) is 6.43. The summed E-state index contributed by atoms with van der Waals surface area (Å²) in [5, 5.41) is 3.34. The first-order valence-electron chi connectivity index (χ1n) is 9.95. The maximum Gasteiger partial charge on any atom is 0.338 e. The van der Waals surface area contributed by atoms with Gasteiger partial charge in [0.2, 0.25) is 0 Å². The van der Waals surface area contributed by atoms with E-state index in [0.29, 0.717) is 22.3 Å². The van der Waals surface area contributed by atoms with Crippen molar-refractivity contribution in [2.75, 3.05) is 16.6 Å². The van der Waals surface area contributed by atoms with Crippen LogP contribution in [0.3, 0.4) is 0 Å². The summed E-state index contributed by atoms with van der Waals surface area (Å²) in [6.45, 7) is 1.98. The Balaban J connectivity index is 1.74. The third kappa shape index (κ3) is 5.21. The summed E-state index contributed by atoms with van der Waals surface area (Å²) in [4.78, 5) is 21.1. The van der Waals surface area contributed by atoms with Crippen LogP contribution in [-0.4, -0.2) is 31.0 Å². The molecule has 0 spiro atoms. The number of esters is 1. The van der Waals surface area contributed by atoms with Crippen LogP contribution in [0.15, 0.2) is 77.7 Å². The summed E-state index contributed by atoms with van der Waals surface area (Å²) in [6.07, 6.45) is 0. The van der Waals surface area contributed by atoms with E-state index in [-0.39, 0.29) is 28.2 Å². The maximum absolute atomic E-state index is 13.0. The molecule has 10 heteroatoms. The number of hydrogen-bond donors (Lipinski definition) is 2. The molecule has 0 aliphatic carbocycles. The Morgan fingerprint density at radius 1 is 0.939 bits per heavy atom. The molecule has 0 atom stereocenters. The molecule has 0 bridgehead atoms. The van der Waals surface area contributed by atoms with E-state index in [4.69, 9.17) is 16.3 Å². The second-order valence-electron chi connectivity index (χ2n) is 6.90. The summed E-state index contributed by atoms with van der Waals surface area (Å²) < 4.78 is 33.5. The van der Waals surface area contributed by atoms with Crippen LogP contribution in [0.2, 0.25) is 5.02 Å². The zero-order chi connectivity index (χ0) is 23.4. The van der Waals surface area contributed by atoms with Crippen molar-refractivity contribution in [2.45, 2.75) is 11.8 Å². The third-order valence-corrected chi connectivity index (χ3v) is 6.12. The topological polar surface area (TPSA) is 110 Å². The quantitative estimate of drug-likeness (QED) is 0.356. The van der Waals surface area contributed by atoms with E-state index in [1.165, 1.54) is 12.1 Å². The lowest BCUT2D eigenvalue weighted by atomic mass is 10.2. The number of halogens is 1. The second-order valence-corrected chi connectivity index (χ2v) is 9.02. The highest BCUT2D eigenvalue weighted by molar-refractivity contribution is 7.92. The van der Waals surface area contributed by atoms with E-state index in [1.807, 2.05) is 0 Å². The average molecular weight is 483 g/mol. The molecule has 33 heavy (non-hydrogen) atoms. The van der Waals surface area contributed by atoms with Gasteiger partial charge < -0.3 is 10.1 Å². The number of carbonyl (C=O) groups excluding carboxylic acids is 1. The molecule has 1 heterocycles. The Hall–Kier alpha value is -3.69. The fraction of sp³-hybridized carbons (Fsp3) is 0.0870. The van der Waals surface area contributed by atoms with Crippen LogP contribution in [0.25, 0.3) is 11.0 Å². The van der Waals surface area contributed by atoms with E-state index >= 15 is 0 Å². The highest BCUT2D eigenvalue weighted by Crippen LogP contribution is 2.28. The van der Waals surface area contributed by atoms with Gasteiger partial charge in [-0.15, -0.1) is 0 Å². The second kappa shape index (κ2) is 9.43. The molecule has 0 aliphatic rings. The van der Waals surface area contributed by atoms with E-state index in [0.717, 1.165) is 0 Å². The Bertz CT molecular complexity index is 1440. The van der Waals surface area contributed by atoms with Gasteiger partial charge in [-0.2, -0.15) is 0 Å². The number of rotatable bonds is 7. The minimum absolute atomic E-state index is 0.00443. The molecule has 0 aliphatic heterocycles. The first-order valence-corrected chi connectivity index (χ1v) is 11.8. The normalized spacial score (nSPS) is 11.2. The molecule has 2 N–H and O–H groups in total. The molecule has 0 saturated heterocycles. The molecule has 4 rings (SSSR count). The number of benzene rings is 3. The van der Waals surface area contributed by atoms with Gasteiger partial charge >= 0.3 is 5.97 Å². The smallest absolute Gasteiger partial charge is 0.338 e. The Morgan fingerprint density at radius 3 is 2.33 bits per heavy atom. The summed E-state index contributed by atoms with van der Waals surface area (Å²) in [5.41, 5.74) is 1.92. The number of ether oxygens (including phenoxy) is 1. The van der Waals surface area contributed by atoms with Crippen molar-refractivity contribution in [3.63, 3.8) is 0 Å². The van der Waals surface area contributed by atoms with Gasteiger partial charge in [-0.3, -0.25) is 4.72 Å². The Labute approximate surface area is 195 Å². The summed E-state index contributed by atoms with van der Waals surface area (Å²) in [7, 11) is -4.00. The van der Waals surface area contributed by atoms with E-state index in [2.05, 4.69) is 20.0 Å². The third-order valence-electron chi connectivity index (χ3n) is 4.54. The molecular formula is C23H19ClN4O4S. The van der Waals surface area contributed by atoms with E-state index < -0.39 is 16.0 Å². The van der Waals surface area contributed by atoms with Crippen LogP contribution in [0.5, 0.6) is 0 Å². The predicted octanol–water partition coefficient (Wildman–Crippen LogP) is 5.00. The monoisotopic (exact) mass is 482 g/mol. The van der Waals surface area contributed by atoms with Crippen molar-refractivity contribution >= 4 is 56.0 Å². The van der Waals surface area contributed by atoms with Crippen molar-refractivity contribution < 1.29 is 17.9 Å². The van der Waals surface area contributed by atoms with Crippen molar-refractivity contribution in [3.8, 4) is 0 Å². The summed E-state index contributed by atoms with van der Waals surface area (Å²) in [6, 6.07) is 19.6. The molecule has 0 radical (unpaired) electrons. The average Bonchev–Trinajstić information content (AvgIpc) is 2.79. The largest absolute Gasteiger partial charge is 0.462 e. The first kappa shape index (κ1) is 22.5. The molecule has 1 aromatic heterocycles. The molecular weight excluding hydrogens is 464 g/mol. The van der Waals surface area contributed by atoms with E-state index in [1.54, 1.807) is 67.6 Å². The number of para-hydroxylation sites is 2. The molecule has 3 aromatic carbocycles. The summed E-state index contributed by atoms with van der Waals surface area (Å²) >= 11 is 5.96. The lowest BCUT2D eigenvalue weighted by Gasteiger charge is -2.14. The van der Waals surface area contributed by atoms with Gasteiger partial charge in [0.05, 0.1) is 28.1 Å². The number of sulfonamides is 1. The molecule has 8 nitrogen and oxygen atoms in total. The molecule has 0 saturated carbocycles. The highest BCUT2D eigenvalue weighted by Gasteiger charge is 2.19. The highest BCUT2D eigenvalue weighted by atomic mass is 35.5. The zero-order valence-electron chi connectivity index (χ0n) is 17.4. The zero-order valence-corrected chi connectivity index (χ0v) is 19.0. The SMILES string of the molecule is CCOC(=O)c1cccc(Nc2nc3ccccc3nc2NS(=O)(=O)c2cccc(Cl)c2)c1. The van der Waals surface area contributed by atoms with Crippen molar-refractivity contribution in [1.82, 2.24) is 9.97 Å². The fourth-order valence-electron chi connectivity index (χ4n) is 3.05. The predicted molar refractivity (Wildman–Crippen MR) is 127 cm³/mol. The van der Waals surface area contributed by atoms with Crippen LogP contribution in [0, 0.1) is 0 Å². The molecule has 0 fully saturated rings. The standard InChI is InChI=1S/C23H19ClN4O4S/c1-2-32-23(29)15-7-5-9-17(13-15)25-21-22(27-20-12-4-3-11-19(20)26-21)28-33(30,31)18-10-6-8-16(24)14-18/h3-14H,2H2,1H3,(H,25,26)(H,27,28). The number of anilines is 3. The number of hydrogen-bond acceptors (Lipinski definition) is 7. The Morgan fingerprint density at radius 2 is 1.64 bits per heavy atom. The number of nitrogens with one attached hydrogen (secondary N) is 2. The molecule has 0 unspecified atom stereocenters. The number of nitrogens with zero attached hydrogens (tertiary/aromatic N) is 2. The first-order chi connectivity index (χ1) is 15.9. The summed E-state index contributed by atoms with van der Waals surface area (Å²) in [5.74, 6) is -0.303.